The van der Waals surface area contributed by atoms with E-state index in [9.17, 15) is 4.79 Å². The number of benzene rings is 3. The van der Waals surface area contributed by atoms with E-state index in [2.05, 4.69) is 5.32 Å². The summed E-state index contributed by atoms with van der Waals surface area (Å²) in [7, 11) is 3.31. The molecule has 1 aliphatic heterocycles. The minimum atomic E-state index is -0.494. The zero-order valence-electron chi connectivity index (χ0n) is 18.4. The van der Waals surface area contributed by atoms with E-state index in [1.165, 1.54) is 0 Å². The molecular weight excluding hydrogens is 404 g/mol. The van der Waals surface area contributed by atoms with Crippen molar-refractivity contribution in [3.05, 3.63) is 78.4 Å². The van der Waals surface area contributed by atoms with Crippen molar-refractivity contribution in [3.63, 3.8) is 0 Å². The lowest BCUT2D eigenvalue weighted by Gasteiger charge is -2.31. The van der Waals surface area contributed by atoms with Gasteiger partial charge in [0, 0.05) is 24.3 Å². The molecule has 6 nitrogen and oxygen atoms in total. The number of rotatable bonds is 7. The Bertz CT molecular complexity index is 1030. The lowest BCUT2D eigenvalue weighted by atomic mass is 10.0. The molecule has 0 unspecified atom stereocenters. The highest BCUT2D eigenvalue weighted by molar-refractivity contribution is 5.87. The Morgan fingerprint density at radius 3 is 2.31 bits per heavy atom. The molecule has 1 saturated heterocycles. The molecule has 1 amide bonds. The van der Waals surface area contributed by atoms with E-state index in [0.717, 1.165) is 33.9 Å². The summed E-state index contributed by atoms with van der Waals surface area (Å²) in [6, 6.07) is 23.0. The standard InChI is InChI=1S/C26H28N2O4/c1-30-22-11-8-19(9-12-22)23-18-21(10-13-24(23)31-2)27-25(20-6-4-3-5-7-20)26(29)28-14-16-32-17-15-28/h3-13,18,25,27H,14-17H2,1-2H3/t25-/m1/s1. The van der Waals surface area contributed by atoms with Crippen LogP contribution in [-0.2, 0) is 9.53 Å². The van der Waals surface area contributed by atoms with Gasteiger partial charge in [0.2, 0.25) is 5.91 Å². The summed E-state index contributed by atoms with van der Waals surface area (Å²) in [5, 5.41) is 3.46. The van der Waals surface area contributed by atoms with E-state index in [4.69, 9.17) is 14.2 Å². The van der Waals surface area contributed by atoms with Crippen molar-refractivity contribution in [1.82, 2.24) is 4.90 Å². The molecule has 0 spiro atoms. The number of anilines is 1. The van der Waals surface area contributed by atoms with Crippen molar-refractivity contribution >= 4 is 11.6 Å². The molecule has 0 aromatic heterocycles. The molecule has 3 aromatic rings. The van der Waals surface area contributed by atoms with Gasteiger partial charge in [0.1, 0.15) is 17.5 Å². The summed E-state index contributed by atoms with van der Waals surface area (Å²) in [6.45, 7) is 2.34. The van der Waals surface area contributed by atoms with Crippen LogP contribution < -0.4 is 14.8 Å². The van der Waals surface area contributed by atoms with E-state index in [1.807, 2.05) is 77.7 Å². The van der Waals surface area contributed by atoms with Crippen molar-refractivity contribution in [2.24, 2.45) is 0 Å². The van der Waals surface area contributed by atoms with E-state index in [0.29, 0.717) is 26.3 Å². The molecule has 1 fully saturated rings. The molecule has 3 aromatic carbocycles. The van der Waals surface area contributed by atoms with Gasteiger partial charge in [0.05, 0.1) is 27.4 Å². The second-order valence-corrected chi connectivity index (χ2v) is 7.57. The summed E-state index contributed by atoms with van der Waals surface area (Å²) in [6.07, 6.45) is 0. The van der Waals surface area contributed by atoms with Gasteiger partial charge in [-0.25, -0.2) is 0 Å². The zero-order chi connectivity index (χ0) is 22.3. The van der Waals surface area contributed by atoms with Crippen molar-refractivity contribution in [3.8, 4) is 22.6 Å². The third kappa shape index (κ3) is 4.86. The summed E-state index contributed by atoms with van der Waals surface area (Å²) < 4.78 is 16.3. The highest BCUT2D eigenvalue weighted by atomic mass is 16.5. The largest absolute Gasteiger partial charge is 0.497 e. The third-order valence-electron chi connectivity index (χ3n) is 5.61. The average molecular weight is 433 g/mol. The van der Waals surface area contributed by atoms with Crippen molar-refractivity contribution < 1.29 is 19.0 Å². The van der Waals surface area contributed by atoms with Gasteiger partial charge in [-0.1, -0.05) is 42.5 Å². The summed E-state index contributed by atoms with van der Waals surface area (Å²) in [5.74, 6) is 1.60. The summed E-state index contributed by atoms with van der Waals surface area (Å²) >= 11 is 0. The maximum absolute atomic E-state index is 13.4. The number of hydrogen-bond acceptors (Lipinski definition) is 5. The molecule has 166 valence electrons. The normalized spacial score (nSPS) is 14.5. The van der Waals surface area contributed by atoms with Gasteiger partial charge in [-0.15, -0.1) is 0 Å². The van der Waals surface area contributed by atoms with Crippen LogP contribution in [-0.4, -0.2) is 51.3 Å². The van der Waals surface area contributed by atoms with Gasteiger partial charge in [-0.3, -0.25) is 4.79 Å². The molecule has 0 radical (unpaired) electrons. The predicted molar refractivity (Wildman–Crippen MR) is 125 cm³/mol. The van der Waals surface area contributed by atoms with Crippen LogP contribution in [0.2, 0.25) is 0 Å². The first-order valence-corrected chi connectivity index (χ1v) is 10.7. The minimum Gasteiger partial charge on any atom is -0.497 e. The summed E-state index contributed by atoms with van der Waals surface area (Å²) in [5.41, 5.74) is 3.70. The van der Waals surface area contributed by atoms with Crippen molar-refractivity contribution in [2.45, 2.75) is 6.04 Å². The Kier molecular flexibility index (Phi) is 6.92. The quantitative estimate of drug-likeness (QED) is 0.600. The van der Waals surface area contributed by atoms with Crippen LogP contribution in [0.3, 0.4) is 0 Å². The maximum atomic E-state index is 13.4. The van der Waals surface area contributed by atoms with Crippen LogP contribution in [0, 0.1) is 0 Å². The molecule has 1 atom stereocenters. The fourth-order valence-electron chi connectivity index (χ4n) is 3.86. The molecular formula is C26H28N2O4. The lowest BCUT2D eigenvalue weighted by molar-refractivity contribution is -0.136. The summed E-state index contributed by atoms with van der Waals surface area (Å²) in [4.78, 5) is 15.3. The minimum absolute atomic E-state index is 0.0429. The number of methoxy groups -OCH3 is 2. The zero-order valence-corrected chi connectivity index (χ0v) is 18.4. The van der Waals surface area contributed by atoms with E-state index < -0.39 is 6.04 Å². The lowest BCUT2D eigenvalue weighted by Crippen LogP contribution is -2.44. The van der Waals surface area contributed by atoms with Gasteiger partial charge in [0.25, 0.3) is 0 Å². The number of morpholine rings is 1. The molecule has 32 heavy (non-hydrogen) atoms. The second-order valence-electron chi connectivity index (χ2n) is 7.57. The SMILES string of the molecule is COc1ccc(-c2cc(N[C@@H](C(=O)N3CCOCC3)c3ccccc3)ccc2OC)cc1. The number of nitrogens with one attached hydrogen (secondary N) is 1. The molecule has 0 bridgehead atoms. The first-order chi connectivity index (χ1) is 15.7. The number of carbonyl (C=O) groups is 1. The van der Waals surface area contributed by atoms with Crippen molar-refractivity contribution in [1.29, 1.82) is 0 Å². The molecule has 6 heteroatoms. The van der Waals surface area contributed by atoms with E-state index >= 15 is 0 Å². The highest BCUT2D eigenvalue weighted by Crippen LogP contribution is 2.35. The Morgan fingerprint density at radius 1 is 0.938 bits per heavy atom. The second kappa shape index (κ2) is 10.2. The Hall–Kier alpha value is -3.51. The fourth-order valence-corrected chi connectivity index (χ4v) is 3.86. The van der Waals surface area contributed by atoms with Crippen LogP contribution in [0.5, 0.6) is 11.5 Å². The van der Waals surface area contributed by atoms with Crippen LogP contribution in [0.25, 0.3) is 11.1 Å². The Balaban J connectivity index is 1.66. The van der Waals surface area contributed by atoms with Gasteiger partial charge in [0.15, 0.2) is 0 Å². The number of amides is 1. The first kappa shape index (κ1) is 21.7. The van der Waals surface area contributed by atoms with Crippen LogP contribution >= 0.6 is 0 Å². The van der Waals surface area contributed by atoms with E-state index in [-0.39, 0.29) is 5.91 Å². The van der Waals surface area contributed by atoms with E-state index in [1.54, 1.807) is 14.2 Å². The topological polar surface area (TPSA) is 60.0 Å². The molecule has 1 aliphatic rings. The van der Waals surface area contributed by atoms with Gasteiger partial charge >= 0.3 is 0 Å². The van der Waals surface area contributed by atoms with Crippen LogP contribution in [0.4, 0.5) is 5.69 Å². The highest BCUT2D eigenvalue weighted by Gasteiger charge is 2.27. The monoisotopic (exact) mass is 432 g/mol. The molecule has 0 aliphatic carbocycles. The maximum Gasteiger partial charge on any atom is 0.249 e. The molecule has 1 N–H and O–H groups in total. The predicted octanol–water partition coefficient (Wildman–Crippen LogP) is 4.38. The first-order valence-electron chi connectivity index (χ1n) is 10.7. The average Bonchev–Trinajstić information content (AvgIpc) is 2.88. The third-order valence-corrected chi connectivity index (χ3v) is 5.61. The number of nitrogens with zero attached hydrogens (tertiary/aromatic N) is 1. The van der Waals surface area contributed by atoms with Crippen LogP contribution in [0.15, 0.2) is 72.8 Å². The number of carbonyl (C=O) groups excluding carboxylic acids is 1. The van der Waals surface area contributed by atoms with Crippen molar-refractivity contribution in [2.75, 3.05) is 45.8 Å². The number of hydrogen-bond donors (Lipinski definition) is 1. The van der Waals surface area contributed by atoms with Crippen LogP contribution in [0.1, 0.15) is 11.6 Å². The molecule has 4 rings (SSSR count). The molecule has 1 heterocycles. The Morgan fingerprint density at radius 2 is 1.66 bits per heavy atom. The van der Waals surface area contributed by atoms with Gasteiger partial charge in [-0.05, 0) is 41.5 Å². The number of ether oxygens (including phenoxy) is 3. The van der Waals surface area contributed by atoms with Gasteiger partial charge in [-0.2, -0.15) is 0 Å². The molecule has 0 saturated carbocycles. The smallest absolute Gasteiger partial charge is 0.249 e. The fraction of sp³-hybridized carbons (Fsp3) is 0.269. The van der Waals surface area contributed by atoms with Gasteiger partial charge < -0.3 is 24.4 Å². The Labute approximate surface area is 188 Å².